The molecule has 0 aliphatic carbocycles. The average Bonchev–Trinajstić information content (AvgIpc) is 3.49. The lowest BCUT2D eigenvalue weighted by atomic mass is 10.1. The number of carbonyl (C=O) groups is 1. The van der Waals surface area contributed by atoms with E-state index in [1.807, 2.05) is 17.5 Å². The summed E-state index contributed by atoms with van der Waals surface area (Å²) >= 11 is 2.73. The fourth-order valence-corrected chi connectivity index (χ4v) is 4.33. The molecule has 0 bridgehead atoms. The topological polar surface area (TPSA) is 70.7 Å². The van der Waals surface area contributed by atoms with E-state index in [1.54, 1.807) is 36.4 Å². The molecule has 4 rings (SSSR count). The van der Waals surface area contributed by atoms with Gasteiger partial charge in [0.25, 0.3) is 0 Å². The Morgan fingerprint density at radius 1 is 1.06 bits per heavy atom. The lowest BCUT2D eigenvalue weighted by Gasteiger charge is -2.18. The highest BCUT2D eigenvalue weighted by atomic mass is 32.2. The van der Waals surface area contributed by atoms with Crippen molar-refractivity contribution in [1.29, 1.82) is 0 Å². The zero-order chi connectivity index (χ0) is 22.3. The molecule has 2 aromatic heterocycles. The van der Waals surface area contributed by atoms with E-state index in [1.165, 1.54) is 47.4 Å². The number of nitrogens with zero attached hydrogens (tertiary/aromatic N) is 2. The van der Waals surface area contributed by atoms with E-state index in [-0.39, 0.29) is 29.3 Å². The predicted molar refractivity (Wildman–Crippen MR) is 123 cm³/mol. The molecule has 5 nitrogen and oxygen atoms in total. The zero-order valence-corrected chi connectivity index (χ0v) is 18.3. The Balaban J connectivity index is 1.35. The van der Waals surface area contributed by atoms with Crippen LogP contribution in [0.4, 0.5) is 8.78 Å². The van der Waals surface area contributed by atoms with Gasteiger partial charge in [-0.25, -0.2) is 13.8 Å². The van der Waals surface area contributed by atoms with Gasteiger partial charge in [0.2, 0.25) is 11.1 Å². The second-order valence-electron chi connectivity index (χ2n) is 6.74. The minimum Gasteiger partial charge on any atom is -0.344 e. The van der Waals surface area contributed by atoms with Gasteiger partial charge < -0.3 is 5.32 Å². The molecule has 2 N–H and O–H groups in total. The van der Waals surface area contributed by atoms with Crippen LogP contribution in [-0.2, 0) is 4.79 Å². The van der Waals surface area contributed by atoms with Gasteiger partial charge in [-0.3, -0.25) is 9.89 Å². The number of amides is 1. The monoisotopic (exact) mass is 468 g/mol. The van der Waals surface area contributed by atoms with Gasteiger partial charge in [0, 0.05) is 4.88 Å². The maximum Gasteiger partial charge on any atom is 0.231 e. The molecule has 2 aromatic carbocycles. The maximum absolute atomic E-state index is 13.3. The van der Waals surface area contributed by atoms with Crippen molar-refractivity contribution in [2.75, 3.05) is 5.75 Å². The SMILES string of the molecule is O=C(CSc1n[nH]c(/C=C/c2ccc(F)cc2)n1)NC(c1ccc(F)cc1)c1cccs1. The van der Waals surface area contributed by atoms with Crippen molar-refractivity contribution in [3.63, 3.8) is 0 Å². The molecule has 2 heterocycles. The van der Waals surface area contributed by atoms with Gasteiger partial charge in [-0.15, -0.1) is 16.4 Å². The molecule has 0 saturated heterocycles. The third-order valence-corrected chi connectivity index (χ3v) is 6.24. The van der Waals surface area contributed by atoms with Gasteiger partial charge in [-0.2, -0.15) is 0 Å². The Bertz CT molecular complexity index is 1190. The first-order valence-electron chi connectivity index (χ1n) is 9.64. The van der Waals surface area contributed by atoms with Crippen molar-refractivity contribution in [1.82, 2.24) is 20.5 Å². The molecule has 1 unspecified atom stereocenters. The number of hydrogen-bond acceptors (Lipinski definition) is 5. The molecular formula is C23H18F2N4OS2. The van der Waals surface area contributed by atoms with E-state index in [0.717, 1.165) is 16.0 Å². The van der Waals surface area contributed by atoms with Crippen molar-refractivity contribution in [3.8, 4) is 0 Å². The molecule has 0 fully saturated rings. The Kier molecular flexibility index (Phi) is 7.08. The number of carbonyl (C=O) groups excluding carboxylic acids is 1. The van der Waals surface area contributed by atoms with Crippen molar-refractivity contribution in [3.05, 3.63) is 99.5 Å². The van der Waals surface area contributed by atoms with Gasteiger partial charge in [0.1, 0.15) is 17.5 Å². The normalized spacial score (nSPS) is 12.2. The zero-order valence-electron chi connectivity index (χ0n) is 16.7. The quantitative estimate of drug-likeness (QED) is 0.344. The molecule has 0 aliphatic heterocycles. The average molecular weight is 469 g/mol. The number of thioether (sulfide) groups is 1. The Morgan fingerprint density at radius 2 is 1.78 bits per heavy atom. The van der Waals surface area contributed by atoms with Crippen molar-refractivity contribution in [2.24, 2.45) is 0 Å². The van der Waals surface area contributed by atoms with Gasteiger partial charge in [0.05, 0.1) is 11.8 Å². The molecule has 1 amide bonds. The molecule has 162 valence electrons. The molecule has 4 aromatic rings. The first-order chi connectivity index (χ1) is 15.6. The molecule has 9 heteroatoms. The summed E-state index contributed by atoms with van der Waals surface area (Å²) in [4.78, 5) is 17.9. The number of rotatable bonds is 8. The standard InChI is InChI=1S/C23H18F2N4OS2/c24-17-8-3-15(4-9-17)5-12-20-26-23(29-28-20)32-14-21(30)27-22(19-2-1-13-31-19)16-6-10-18(25)11-7-16/h1-13,22H,14H2,(H,27,30)(H,26,28,29)/b12-5+. The van der Waals surface area contributed by atoms with Gasteiger partial charge in [-0.05, 0) is 52.9 Å². The minimum atomic E-state index is -0.356. The first kappa shape index (κ1) is 21.9. The summed E-state index contributed by atoms with van der Waals surface area (Å²) in [7, 11) is 0. The number of thiophene rings is 1. The summed E-state index contributed by atoms with van der Waals surface area (Å²) in [6, 6.07) is 15.7. The predicted octanol–water partition coefficient (Wildman–Crippen LogP) is 5.31. The van der Waals surface area contributed by atoms with Crippen LogP contribution in [0.15, 0.2) is 71.2 Å². The maximum atomic E-state index is 13.3. The number of H-pyrrole nitrogens is 1. The number of halogens is 2. The van der Waals surface area contributed by atoms with Crippen LogP contribution in [0, 0.1) is 11.6 Å². The second-order valence-corrected chi connectivity index (χ2v) is 8.67. The second kappa shape index (κ2) is 10.3. The van der Waals surface area contributed by atoms with E-state index < -0.39 is 0 Å². The largest absolute Gasteiger partial charge is 0.344 e. The summed E-state index contributed by atoms with van der Waals surface area (Å²) < 4.78 is 26.3. The van der Waals surface area contributed by atoms with Gasteiger partial charge >= 0.3 is 0 Å². The number of benzene rings is 2. The van der Waals surface area contributed by atoms with E-state index in [2.05, 4.69) is 20.5 Å². The number of aromatic amines is 1. The summed E-state index contributed by atoms with van der Waals surface area (Å²) in [5.74, 6) is -0.151. The molecule has 0 aliphatic rings. The Hall–Kier alpha value is -3.30. The summed E-state index contributed by atoms with van der Waals surface area (Å²) in [6.45, 7) is 0. The summed E-state index contributed by atoms with van der Waals surface area (Å²) in [6.07, 6.45) is 3.52. The van der Waals surface area contributed by atoms with Crippen LogP contribution in [0.5, 0.6) is 0 Å². The molecule has 0 saturated carbocycles. The molecule has 0 spiro atoms. The van der Waals surface area contributed by atoms with E-state index in [9.17, 15) is 13.6 Å². The molecule has 0 radical (unpaired) electrons. The highest BCUT2D eigenvalue weighted by Crippen LogP contribution is 2.26. The van der Waals surface area contributed by atoms with Crippen LogP contribution < -0.4 is 5.32 Å². The van der Waals surface area contributed by atoms with Gasteiger partial charge in [-0.1, -0.05) is 48.2 Å². The third-order valence-electron chi connectivity index (χ3n) is 4.45. The number of hydrogen-bond donors (Lipinski definition) is 2. The lowest BCUT2D eigenvalue weighted by molar-refractivity contribution is -0.119. The minimum absolute atomic E-state index is 0.127. The van der Waals surface area contributed by atoms with E-state index in [4.69, 9.17) is 0 Å². The van der Waals surface area contributed by atoms with Crippen LogP contribution in [0.1, 0.15) is 27.9 Å². The van der Waals surface area contributed by atoms with Crippen LogP contribution in [0.2, 0.25) is 0 Å². The third kappa shape index (κ3) is 5.89. The van der Waals surface area contributed by atoms with E-state index >= 15 is 0 Å². The van der Waals surface area contributed by atoms with Crippen molar-refractivity contribution >= 4 is 41.2 Å². The smallest absolute Gasteiger partial charge is 0.231 e. The fourth-order valence-electron chi connectivity index (χ4n) is 2.91. The van der Waals surface area contributed by atoms with E-state index in [0.29, 0.717) is 11.0 Å². The molecule has 32 heavy (non-hydrogen) atoms. The Labute approximate surface area is 191 Å². The number of aromatic nitrogens is 3. The summed E-state index contributed by atoms with van der Waals surface area (Å²) in [5.41, 5.74) is 1.63. The first-order valence-corrected chi connectivity index (χ1v) is 11.5. The van der Waals surface area contributed by atoms with Crippen LogP contribution in [0.25, 0.3) is 12.2 Å². The van der Waals surface area contributed by atoms with Crippen molar-refractivity contribution < 1.29 is 13.6 Å². The molecule has 1 atom stereocenters. The van der Waals surface area contributed by atoms with Gasteiger partial charge in [0.15, 0.2) is 0 Å². The van der Waals surface area contributed by atoms with Crippen LogP contribution in [0.3, 0.4) is 0 Å². The Morgan fingerprint density at radius 3 is 2.47 bits per heavy atom. The fraction of sp³-hybridized carbons (Fsp3) is 0.0870. The molecular weight excluding hydrogens is 450 g/mol. The lowest BCUT2D eigenvalue weighted by Crippen LogP contribution is -2.30. The highest BCUT2D eigenvalue weighted by Gasteiger charge is 2.18. The summed E-state index contributed by atoms with van der Waals surface area (Å²) in [5, 5.41) is 12.3. The van der Waals surface area contributed by atoms with Crippen LogP contribution in [-0.4, -0.2) is 26.8 Å². The van der Waals surface area contributed by atoms with Crippen LogP contribution >= 0.6 is 23.1 Å². The number of nitrogens with one attached hydrogen (secondary N) is 2. The highest BCUT2D eigenvalue weighted by molar-refractivity contribution is 7.99. The van der Waals surface area contributed by atoms with Crippen molar-refractivity contribution in [2.45, 2.75) is 11.2 Å².